The van der Waals surface area contributed by atoms with Crippen LogP contribution >= 0.6 is 23.2 Å². The summed E-state index contributed by atoms with van der Waals surface area (Å²) in [5, 5.41) is 10.6. The Balaban J connectivity index is 1.06. The van der Waals surface area contributed by atoms with Crippen molar-refractivity contribution in [1.82, 2.24) is 19.4 Å². The molecule has 228 valence electrons. The molecule has 3 aliphatic heterocycles. The second-order valence-corrected chi connectivity index (χ2v) is 12.9. The largest absolute Gasteiger partial charge is 0.478 e. The van der Waals surface area contributed by atoms with Crippen molar-refractivity contribution in [2.45, 2.75) is 63.3 Å². The summed E-state index contributed by atoms with van der Waals surface area (Å²) in [6, 6.07) is 13.5. The highest BCUT2D eigenvalue weighted by molar-refractivity contribution is 6.35. The highest BCUT2D eigenvalue weighted by Crippen LogP contribution is 2.51. The first kappa shape index (κ1) is 27.9. The zero-order valence-corrected chi connectivity index (χ0v) is 25.6. The van der Waals surface area contributed by atoms with Gasteiger partial charge in [-0.1, -0.05) is 29.3 Å². The Morgan fingerprint density at radius 1 is 1.09 bits per heavy atom. The van der Waals surface area contributed by atoms with Gasteiger partial charge >= 0.3 is 5.97 Å². The Labute approximate surface area is 264 Å². The number of ether oxygens (including phenoxy) is 3. The van der Waals surface area contributed by atoms with Crippen molar-refractivity contribution in [2.75, 3.05) is 24.6 Å². The molecule has 4 atom stereocenters. The fourth-order valence-corrected chi connectivity index (χ4v) is 7.26. The second-order valence-electron chi connectivity index (χ2n) is 12.0. The minimum Gasteiger partial charge on any atom is -0.478 e. The molecule has 12 heteroatoms. The third kappa shape index (κ3) is 4.58. The molecule has 0 radical (unpaired) electrons. The van der Waals surface area contributed by atoms with E-state index in [0.29, 0.717) is 52.2 Å². The van der Waals surface area contributed by atoms with Gasteiger partial charge in [-0.25, -0.2) is 9.78 Å². The van der Waals surface area contributed by atoms with Crippen LogP contribution in [0.4, 0.5) is 5.69 Å². The number of aromatic carboxylic acids is 1. The van der Waals surface area contributed by atoms with Crippen molar-refractivity contribution >= 4 is 45.9 Å². The maximum Gasteiger partial charge on any atom is 0.335 e. The number of imidazole rings is 1. The van der Waals surface area contributed by atoms with E-state index in [1.54, 1.807) is 18.3 Å². The van der Waals surface area contributed by atoms with Crippen LogP contribution in [-0.4, -0.2) is 68.4 Å². The third-order valence-corrected chi connectivity index (χ3v) is 9.93. The molecule has 4 aromatic rings. The molecule has 0 bridgehead atoms. The number of anilines is 1. The van der Waals surface area contributed by atoms with Gasteiger partial charge in [0.15, 0.2) is 11.5 Å². The molecule has 8 rings (SSSR count). The van der Waals surface area contributed by atoms with Gasteiger partial charge in [-0.15, -0.1) is 0 Å². The Morgan fingerprint density at radius 3 is 2.64 bits per heavy atom. The minimum atomic E-state index is -1.05. The number of pyridine rings is 1. The summed E-state index contributed by atoms with van der Waals surface area (Å²) in [5.74, 6) is 0.252. The van der Waals surface area contributed by atoms with E-state index < -0.39 is 11.8 Å². The van der Waals surface area contributed by atoms with E-state index >= 15 is 0 Å². The molecule has 0 unspecified atom stereocenters. The van der Waals surface area contributed by atoms with E-state index in [9.17, 15) is 9.90 Å². The minimum absolute atomic E-state index is 0.0860. The second kappa shape index (κ2) is 10.5. The maximum absolute atomic E-state index is 11.8. The van der Waals surface area contributed by atoms with Crippen molar-refractivity contribution in [2.24, 2.45) is 0 Å². The molecule has 1 N–H and O–H groups in total. The lowest BCUT2D eigenvalue weighted by atomic mass is 9.81. The van der Waals surface area contributed by atoms with Crippen molar-refractivity contribution in [1.29, 1.82) is 0 Å². The van der Waals surface area contributed by atoms with Crippen LogP contribution in [0.5, 0.6) is 11.5 Å². The third-order valence-electron chi connectivity index (χ3n) is 9.42. The van der Waals surface area contributed by atoms with Crippen LogP contribution in [0.25, 0.3) is 11.0 Å². The summed E-state index contributed by atoms with van der Waals surface area (Å²) in [5.41, 5.74) is 3.20. The van der Waals surface area contributed by atoms with E-state index in [0.717, 1.165) is 61.7 Å². The van der Waals surface area contributed by atoms with E-state index in [2.05, 4.69) is 25.4 Å². The topological polar surface area (TPSA) is 102 Å². The molecule has 1 saturated carbocycles. The summed E-state index contributed by atoms with van der Waals surface area (Å²) < 4.78 is 20.7. The smallest absolute Gasteiger partial charge is 0.335 e. The maximum atomic E-state index is 11.8. The number of aromatic nitrogens is 3. The van der Waals surface area contributed by atoms with E-state index in [1.807, 2.05) is 25.1 Å². The van der Waals surface area contributed by atoms with Crippen LogP contribution in [-0.2, 0) is 23.6 Å². The number of rotatable bonds is 7. The monoisotopic (exact) mass is 635 g/mol. The first-order valence-electron chi connectivity index (χ1n) is 14.9. The predicted octanol–water partition coefficient (Wildman–Crippen LogP) is 5.72. The van der Waals surface area contributed by atoms with Gasteiger partial charge in [-0.2, -0.15) is 0 Å². The first-order chi connectivity index (χ1) is 21.3. The SMILES string of the molecule is C[C@]1(c2ccc(Cl)cn2)Oc2cccc(N3CCN(Cc4nc5c(Cl)cc(C(=O)O)cc5n4C[C@@H]4CCO4)[C@H]4CC[C@H]43)c2O1. The predicted molar refractivity (Wildman–Crippen MR) is 165 cm³/mol. The van der Waals surface area contributed by atoms with Gasteiger partial charge in [0.2, 0.25) is 0 Å². The van der Waals surface area contributed by atoms with Gasteiger partial charge in [0, 0.05) is 44.9 Å². The summed E-state index contributed by atoms with van der Waals surface area (Å²) in [7, 11) is 0. The van der Waals surface area contributed by atoms with E-state index in [1.165, 1.54) is 6.07 Å². The van der Waals surface area contributed by atoms with Crippen molar-refractivity contribution < 1.29 is 24.1 Å². The fourth-order valence-electron chi connectivity index (χ4n) is 6.90. The Morgan fingerprint density at radius 2 is 1.93 bits per heavy atom. The van der Waals surface area contributed by atoms with Gasteiger partial charge in [0.25, 0.3) is 5.79 Å². The van der Waals surface area contributed by atoms with E-state index in [-0.39, 0.29) is 11.7 Å². The fraction of sp³-hybridized carbons (Fsp3) is 0.406. The quantitative estimate of drug-likeness (QED) is 0.273. The zero-order valence-electron chi connectivity index (χ0n) is 24.1. The number of nitrogens with zero attached hydrogens (tertiary/aromatic N) is 5. The van der Waals surface area contributed by atoms with Gasteiger partial charge in [0.1, 0.15) is 17.0 Å². The summed E-state index contributed by atoms with van der Waals surface area (Å²) in [6.45, 7) is 5.53. The molecule has 2 aromatic heterocycles. The number of benzene rings is 2. The number of carbonyl (C=O) groups is 1. The lowest BCUT2D eigenvalue weighted by molar-refractivity contribution is -0.0717. The number of hydrogen-bond acceptors (Lipinski definition) is 8. The number of para-hydroxylation sites is 1. The molecule has 4 aliphatic rings. The van der Waals surface area contributed by atoms with Gasteiger partial charge in [0.05, 0.1) is 46.0 Å². The summed E-state index contributed by atoms with van der Waals surface area (Å²) >= 11 is 12.6. The van der Waals surface area contributed by atoms with Crippen LogP contribution in [0.1, 0.15) is 48.1 Å². The molecule has 2 aromatic carbocycles. The van der Waals surface area contributed by atoms with Crippen molar-refractivity contribution in [3.8, 4) is 11.5 Å². The Hall–Kier alpha value is -3.57. The summed E-state index contributed by atoms with van der Waals surface area (Å²) in [4.78, 5) is 26.2. The van der Waals surface area contributed by atoms with Crippen LogP contribution in [0.2, 0.25) is 10.0 Å². The Kier molecular flexibility index (Phi) is 6.68. The summed E-state index contributed by atoms with van der Waals surface area (Å²) in [6.07, 6.45) is 4.80. The van der Waals surface area contributed by atoms with Crippen LogP contribution in [0.15, 0.2) is 48.7 Å². The zero-order chi connectivity index (χ0) is 30.2. The molecule has 5 heterocycles. The standard InChI is InChI=1S/C32H31Cl2N5O5/c1-32(27-8-5-19(33)15-35-27)43-26-4-2-3-24(30(26)44-32)38-11-10-37(22-6-7-23(22)38)17-28-36-29-21(34)13-18(31(40)41)14-25(29)39(28)16-20-9-12-42-20/h2-5,8,13-15,20,22-23H,6-7,9-12,16-17H2,1H3,(H,40,41)/t20-,22-,23+,32-/m0/s1. The van der Waals surface area contributed by atoms with Crippen LogP contribution < -0.4 is 14.4 Å². The molecule has 3 fully saturated rings. The van der Waals surface area contributed by atoms with Crippen molar-refractivity contribution in [3.05, 3.63) is 75.8 Å². The number of halogens is 2. The van der Waals surface area contributed by atoms with Crippen molar-refractivity contribution in [3.63, 3.8) is 0 Å². The average molecular weight is 637 g/mol. The lowest BCUT2D eigenvalue weighted by Crippen LogP contribution is -2.64. The normalized spacial score (nSPS) is 25.9. The molecule has 0 spiro atoms. The molecule has 2 saturated heterocycles. The number of carboxylic acid groups (broad SMARTS) is 1. The van der Waals surface area contributed by atoms with E-state index in [4.69, 9.17) is 42.4 Å². The number of piperazine rings is 1. The van der Waals surface area contributed by atoms with Crippen LogP contribution in [0, 0.1) is 0 Å². The van der Waals surface area contributed by atoms with Gasteiger partial charge in [-0.05, 0) is 55.7 Å². The lowest BCUT2D eigenvalue weighted by Gasteiger charge is -2.54. The molecular formula is C32H31Cl2N5O5. The number of fused-ring (bicyclic) bond motifs is 3. The molecule has 44 heavy (non-hydrogen) atoms. The number of carboxylic acids is 1. The van der Waals surface area contributed by atoms with Gasteiger partial charge < -0.3 is 28.8 Å². The molecular weight excluding hydrogens is 605 g/mol. The Bertz CT molecular complexity index is 1780. The first-order valence-corrected chi connectivity index (χ1v) is 15.7. The molecule has 0 amide bonds. The van der Waals surface area contributed by atoms with Crippen LogP contribution in [0.3, 0.4) is 0 Å². The average Bonchev–Trinajstić information content (AvgIpc) is 3.49. The van der Waals surface area contributed by atoms with Gasteiger partial charge in [-0.3, -0.25) is 9.88 Å². The molecule has 1 aliphatic carbocycles. The number of hydrogen-bond donors (Lipinski definition) is 1. The highest BCUT2D eigenvalue weighted by Gasteiger charge is 2.47. The molecule has 10 nitrogen and oxygen atoms in total. The highest BCUT2D eigenvalue weighted by atomic mass is 35.5.